The van der Waals surface area contributed by atoms with Gasteiger partial charge in [0.1, 0.15) is 6.17 Å². The average molecular weight is 490 g/mol. The SMILES string of the molecule is CC(C)(C)C1CCC(c2ccccc2N2CCN(C(C=O)N3CCCCCCC3)CC2)CC1.Cl. The number of nitrogens with zero attached hydrogens (tertiary/aromatic N) is 3. The lowest BCUT2D eigenvalue weighted by Crippen LogP contribution is -2.57. The van der Waals surface area contributed by atoms with Crippen molar-refractivity contribution in [2.75, 3.05) is 44.2 Å². The molecule has 0 amide bonds. The maximum Gasteiger partial charge on any atom is 0.151 e. The van der Waals surface area contributed by atoms with Gasteiger partial charge in [-0.05, 0) is 67.4 Å². The highest BCUT2D eigenvalue weighted by atomic mass is 35.5. The number of anilines is 1. The third-order valence-electron chi connectivity index (χ3n) is 8.74. The van der Waals surface area contributed by atoms with Gasteiger partial charge in [0.05, 0.1) is 0 Å². The van der Waals surface area contributed by atoms with Crippen LogP contribution in [-0.2, 0) is 4.79 Å². The summed E-state index contributed by atoms with van der Waals surface area (Å²) in [6, 6.07) is 9.17. The average Bonchev–Trinajstić information content (AvgIpc) is 2.81. The lowest BCUT2D eigenvalue weighted by atomic mass is 9.68. The quantitative estimate of drug-likeness (QED) is 0.451. The van der Waals surface area contributed by atoms with Crippen molar-refractivity contribution in [2.45, 2.75) is 90.6 Å². The minimum atomic E-state index is -0.0341. The lowest BCUT2D eigenvalue weighted by Gasteiger charge is -2.43. The molecular formula is C29H48ClN3O. The summed E-state index contributed by atoms with van der Waals surface area (Å²) in [7, 11) is 0. The minimum Gasteiger partial charge on any atom is -0.369 e. The Morgan fingerprint density at radius 1 is 0.794 bits per heavy atom. The second-order valence-corrected chi connectivity index (χ2v) is 11.8. The zero-order valence-electron chi connectivity index (χ0n) is 21.9. The van der Waals surface area contributed by atoms with Crippen molar-refractivity contribution in [3.8, 4) is 0 Å². The van der Waals surface area contributed by atoms with Gasteiger partial charge in [0.25, 0.3) is 0 Å². The highest BCUT2D eigenvalue weighted by Crippen LogP contribution is 2.45. The van der Waals surface area contributed by atoms with Crippen molar-refractivity contribution in [1.82, 2.24) is 9.80 Å². The van der Waals surface area contributed by atoms with Gasteiger partial charge < -0.3 is 9.69 Å². The molecule has 1 aromatic carbocycles. The highest BCUT2D eigenvalue weighted by Gasteiger charge is 2.33. The molecule has 0 aromatic heterocycles. The summed E-state index contributed by atoms with van der Waals surface area (Å²) in [5.41, 5.74) is 3.45. The Balaban J connectivity index is 0.00000324. The van der Waals surface area contributed by atoms with Gasteiger partial charge >= 0.3 is 0 Å². The topological polar surface area (TPSA) is 26.8 Å². The van der Waals surface area contributed by atoms with Gasteiger partial charge in [-0.1, -0.05) is 58.2 Å². The first kappa shape index (κ1) is 27.5. The van der Waals surface area contributed by atoms with E-state index >= 15 is 0 Å². The molecule has 0 radical (unpaired) electrons. The molecular weight excluding hydrogens is 442 g/mol. The summed E-state index contributed by atoms with van der Waals surface area (Å²) in [4.78, 5) is 19.6. The van der Waals surface area contributed by atoms with Crippen molar-refractivity contribution in [3.63, 3.8) is 0 Å². The predicted molar refractivity (Wildman–Crippen MR) is 146 cm³/mol. The number of hydrogen-bond acceptors (Lipinski definition) is 4. The number of carbonyl (C=O) groups excluding carboxylic acids is 1. The Bertz CT molecular complexity index is 740. The van der Waals surface area contributed by atoms with E-state index in [0.29, 0.717) is 11.3 Å². The molecule has 3 aliphatic rings. The van der Waals surface area contributed by atoms with Crippen LogP contribution in [0.3, 0.4) is 0 Å². The molecule has 34 heavy (non-hydrogen) atoms. The third kappa shape index (κ3) is 6.77. The van der Waals surface area contributed by atoms with E-state index in [-0.39, 0.29) is 18.6 Å². The van der Waals surface area contributed by atoms with E-state index in [0.717, 1.165) is 45.2 Å². The number of likely N-dealkylation sites (tertiary alicyclic amines) is 1. The summed E-state index contributed by atoms with van der Waals surface area (Å²) in [5.74, 6) is 1.55. The zero-order chi connectivity index (χ0) is 23.3. The van der Waals surface area contributed by atoms with Gasteiger partial charge in [0, 0.05) is 45.0 Å². The number of piperazine rings is 1. The summed E-state index contributed by atoms with van der Waals surface area (Å²) >= 11 is 0. The smallest absolute Gasteiger partial charge is 0.151 e. The van der Waals surface area contributed by atoms with Crippen molar-refractivity contribution in [2.24, 2.45) is 11.3 Å². The molecule has 2 heterocycles. The second-order valence-electron chi connectivity index (χ2n) is 11.8. The molecule has 0 N–H and O–H groups in total. The number of rotatable bonds is 5. The Labute approximate surface area is 214 Å². The third-order valence-corrected chi connectivity index (χ3v) is 8.74. The van der Waals surface area contributed by atoms with Gasteiger partial charge in [0.15, 0.2) is 6.29 Å². The normalized spacial score (nSPS) is 26.7. The molecule has 1 aliphatic carbocycles. The standard InChI is InChI=1S/C29H47N3O.ClH/c1-29(2,3)25-15-13-24(14-16-25)26-11-7-8-12-27(26)30-19-21-32(22-20-30)28(23-33)31-17-9-5-4-6-10-18-31;/h7-8,11-12,23-25,28H,4-6,9-10,13-22H2,1-3H3;1H. The summed E-state index contributed by atoms with van der Waals surface area (Å²) in [5, 5.41) is 0. The molecule has 5 heteroatoms. The molecule has 1 atom stereocenters. The van der Waals surface area contributed by atoms with Crippen LogP contribution in [0.5, 0.6) is 0 Å². The minimum absolute atomic E-state index is 0. The predicted octanol–water partition coefficient (Wildman–Crippen LogP) is 6.34. The molecule has 0 spiro atoms. The largest absolute Gasteiger partial charge is 0.369 e. The van der Waals surface area contributed by atoms with Gasteiger partial charge in [-0.15, -0.1) is 12.4 Å². The van der Waals surface area contributed by atoms with Gasteiger partial charge in [-0.25, -0.2) is 0 Å². The second kappa shape index (κ2) is 12.7. The molecule has 192 valence electrons. The van der Waals surface area contributed by atoms with Crippen LogP contribution < -0.4 is 4.90 Å². The van der Waals surface area contributed by atoms with Crippen LogP contribution in [0.25, 0.3) is 0 Å². The van der Waals surface area contributed by atoms with Crippen molar-refractivity contribution in [3.05, 3.63) is 29.8 Å². The maximum atomic E-state index is 12.1. The first-order chi connectivity index (χ1) is 16.0. The van der Waals surface area contributed by atoms with E-state index in [9.17, 15) is 4.79 Å². The van der Waals surface area contributed by atoms with Crippen LogP contribution in [0.2, 0.25) is 0 Å². The number of carbonyl (C=O) groups is 1. The van der Waals surface area contributed by atoms with Crippen molar-refractivity contribution in [1.29, 1.82) is 0 Å². The maximum absolute atomic E-state index is 12.1. The highest BCUT2D eigenvalue weighted by molar-refractivity contribution is 5.85. The molecule has 1 saturated carbocycles. The van der Waals surface area contributed by atoms with E-state index in [1.807, 2.05) is 0 Å². The summed E-state index contributed by atoms with van der Waals surface area (Å²) in [6.07, 6.45) is 13.0. The van der Waals surface area contributed by atoms with Crippen LogP contribution >= 0.6 is 12.4 Å². The number of halogens is 1. The molecule has 0 bridgehead atoms. The fourth-order valence-corrected chi connectivity index (χ4v) is 6.56. The molecule has 2 aliphatic heterocycles. The lowest BCUT2D eigenvalue weighted by molar-refractivity contribution is -0.119. The molecule has 1 aromatic rings. The van der Waals surface area contributed by atoms with E-state index < -0.39 is 0 Å². The Hall–Kier alpha value is -1.10. The molecule has 3 fully saturated rings. The molecule has 4 rings (SSSR count). The monoisotopic (exact) mass is 489 g/mol. The number of benzene rings is 1. The van der Waals surface area contributed by atoms with Gasteiger partial charge in [-0.2, -0.15) is 0 Å². The zero-order valence-corrected chi connectivity index (χ0v) is 22.7. The van der Waals surface area contributed by atoms with E-state index in [2.05, 4.69) is 59.7 Å². The summed E-state index contributed by atoms with van der Waals surface area (Å²) in [6.45, 7) is 13.4. The van der Waals surface area contributed by atoms with Crippen molar-refractivity contribution >= 4 is 24.4 Å². The fraction of sp³-hybridized carbons (Fsp3) is 0.759. The van der Waals surface area contributed by atoms with Gasteiger partial charge in [-0.3, -0.25) is 9.80 Å². The summed E-state index contributed by atoms with van der Waals surface area (Å²) < 4.78 is 0. The first-order valence-electron chi connectivity index (χ1n) is 13.7. The number of aldehydes is 1. The fourth-order valence-electron chi connectivity index (χ4n) is 6.56. The van der Waals surface area contributed by atoms with Crippen LogP contribution in [0.1, 0.15) is 90.0 Å². The molecule has 4 nitrogen and oxygen atoms in total. The Morgan fingerprint density at radius 3 is 1.94 bits per heavy atom. The van der Waals surface area contributed by atoms with Crippen molar-refractivity contribution < 1.29 is 4.79 Å². The van der Waals surface area contributed by atoms with Crippen LogP contribution in [0, 0.1) is 11.3 Å². The van der Waals surface area contributed by atoms with Gasteiger partial charge in [0.2, 0.25) is 0 Å². The van der Waals surface area contributed by atoms with Crippen LogP contribution in [0.4, 0.5) is 5.69 Å². The molecule has 1 unspecified atom stereocenters. The van der Waals surface area contributed by atoms with E-state index in [1.54, 1.807) is 5.56 Å². The molecule has 2 saturated heterocycles. The van der Waals surface area contributed by atoms with E-state index in [4.69, 9.17) is 0 Å². The van der Waals surface area contributed by atoms with Crippen LogP contribution in [0.15, 0.2) is 24.3 Å². The van der Waals surface area contributed by atoms with E-state index in [1.165, 1.54) is 69.8 Å². The number of para-hydroxylation sites is 1. The number of hydrogen-bond donors (Lipinski definition) is 0. The first-order valence-corrected chi connectivity index (χ1v) is 13.7. The Kier molecular flexibility index (Phi) is 10.3. The Morgan fingerprint density at radius 2 is 1.35 bits per heavy atom. The van der Waals surface area contributed by atoms with Crippen LogP contribution in [-0.4, -0.2) is 61.5 Å².